The zero-order valence-electron chi connectivity index (χ0n) is 17.4. The lowest BCUT2D eigenvalue weighted by molar-refractivity contribution is -0.132. The molecule has 1 aliphatic rings. The van der Waals surface area contributed by atoms with E-state index in [9.17, 15) is 24.9 Å². The van der Waals surface area contributed by atoms with Crippen LogP contribution >= 0.6 is 0 Å². The summed E-state index contributed by atoms with van der Waals surface area (Å²) in [6.07, 6.45) is 0. The van der Waals surface area contributed by atoms with Crippen molar-refractivity contribution in [2.24, 2.45) is 0 Å². The maximum atomic E-state index is 13.1. The molecular formula is C25H21NO6. The molecule has 0 saturated carbocycles. The van der Waals surface area contributed by atoms with Crippen molar-refractivity contribution >= 4 is 23.1 Å². The van der Waals surface area contributed by atoms with Crippen molar-refractivity contribution in [1.29, 1.82) is 0 Å². The number of ketones is 1. The minimum absolute atomic E-state index is 0.0639. The van der Waals surface area contributed by atoms with Crippen LogP contribution in [0.3, 0.4) is 0 Å². The molecule has 0 aromatic heterocycles. The van der Waals surface area contributed by atoms with E-state index in [1.807, 2.05) is 0 Å². The van der Waals surface area contributed by atoms with E-state index in [-0.39, 0.29) is 28.5 Å². The Labute approximate surface area is 184 Å². The third-order valence-electron chi connectivity index (χ3n) is 5.46. The third-order valence-corrected chi connectivity index (χ3v) is 5.46. The molecular weight excluding hydrogens is 410 g/mol. The largest absolute Gasteiger partial charge is 0.508 e. The molecule has 3 aromatic rings. The van der Waals surface area contributed by atoms with Crippen LogP contribution in [0.15, 0.2) is 72.3 Å². The number of carbonyl (C=O) groups is 2. The summed E-state index contributed by atoms with van der Waals surface area (Å²) in [4.78, 5) is 27.4. The number of anilines is 1. The van der Waals surface area contributed by atoms with Crippen molar-refractivity contribution in [3.8, 4) is 17.2 Å². The fourth-order valence-corrected chi connectivity index (χ4v) is 3.93. The molecule has 1 amide bonds. The Kier molecular flexibility index (Phi) is 5.32. The lowest BCUT2D eigenvalue weighted by atomic mass is 9.93. The van der Waals surface area contributed by atoms with Gasteiger partial charge in [0.1, 0.15) is 23.0 Å². The van der Waals surface area contributed by atoms with Gasteiger partial charge in [-0.3, -0.25) is 14.5 Å². The lowest BCUT2D eigenvalue weighted by Gasteiger charge is -2.26. The van der Waals surface area contributed by atoms with Gasteiger partial charge in [-0.05, 0) is 60.5 Å². The first-order chi connectivity index (χ1) is 15.3. The summed E-state index contributed by atoms with van der Waals surface area (Å²) in [6.45, 7) is 1.75. The van der Waals surface area contributed by atoms with E-state index in [0.29, 0.717) is 22.4 Å². The Balaban J connectivity index is 1.98. The number of aryl methyl sites for hydroxylation is 1. The van der Waals surface area contributed by atoms with E-state index in [1.165, 1.54) is 31.4 Å². The van der Waals surface area contributed by atoms with Crippen LogP contribution in [0.1, 0.15) is 22.7 Å². The summed E-state index contributed by atoms with van der Waals surface area (Å²) in [6, 6.07) is 16.1. The highest BCUT2D eigenvalue weighted by Crippen LogP contribution is 2.45. The number of para-hydroxylation sites is 2. The van der Waals surface area contributed by atoms with E-state index >= 15 is 0 Å². The van der Waals surface area contributed by atoms with Crippen molar-refractivity contribution in [2.45, 2.75) is 13.0 Å². The Bertz CT molecular complexity index is 1260. The van der Waals surface area contributed by atoms with Crippen molar-refractivity contribution in [3.63, 3.8) is 0 Å². The number of ether oxygens (including phenoxy) is 1. The minimum atomic E-state index is -1.06. The molecule has 1 fully saturated rings. The van der Waals surface area contributed by atoms with Gasteiger partial charge in [0.15, 0.2) is 0 Å². The first-order valence-electron chi connectivity index (χ1n) is 9.86. The zero-order chi connectivity index (χ0) is 23.0. The average molecular weight is 431 g/mol. The zero-order valence-corrected chi connectivity index (χ0v) is 17.4. The average Bonchev–Trinajstić information content (AvgIpc) is 3.04. The summed E-state index contributed by atoms with van der Waals surface area (Å²) >= 11 is 0. The SMILES string of the molecule is COc1ccc(/C(O)=C2/C(=O)C(=O)N(c3ccccc3O)C2c2cccc(O)c2)c(C)c1. The number of hydrogen-bond acceptors (Lipinski definition) is 6. The second-order valence-corrected chi connectivity index (χ2v) is 7.43. The summed E-state index contributed by atoms with van der Waals surface area (Å²) in [5.74, 6) is -1.82. The summed E-state index contributed by atoms with van der Waals surface area (Å²) in [5.41, 5.74) is 1.39. The maximum Gasteiger partial charge on any atom is 0.300 e. The Morgan fingerprint density at radius 3 is 2.38 bits per heavy atom. The van der Waals surface area contributed by atoms with Gasteiger partial charge >= 0.3 is 0 Å². The second kappa shape index (κ2) is 8.11. The number of hydrogen-bond donors (Lipinski definition) is 3. The standard InChI is InChI=1S/C25H21NO6/c1-14-12-17(32-2)10-11-18(14)23(29)21-22(15-6-5-7-16(27)13-15)26(25(31)24(21)30)19-8-3-4-9-20(19)28/h3-13,22,27-29H,1-2H3/b23-21-. The van der Waals surface area contributed by atoms with E-state index < -0.39 is 17.7 Å². The third kappa shape index (κ3) is 3.43. The number of aliphatic hydroxyl groups is 1. The number of methoxy groups -OCH3 is 1. The molecule has 1 heterocycles. The number of Topliss-reactive ketones (excluding diaryl/α,β-unsaturated/α-hetero) is 1. The summed E-state index contributed by atoms with van der Waals surface area (Å²) in [5, 5.41) is 31.6. The molecule has 1 atom stereocenters. The number of phenols is 2. The van der Waals surface area contributed by atoms with Gasteiger partial charge in [-0.2, -0.15) is 0 Å². The van der Waals surface area contributed by atoms with Crippen LogP contribution in [0.5, 0.6) is 17.2 Å². The molecule has 0 bridgehead atoms. The minimum Gasteiger partial charge on any atom is -0.508 e. The van der Waals surface area contributed by atoms with Crippen LogP contribution in [0.2, 0.25) is 0 Å². The molecule has 7 nitrogen and oxygen atoms in total. The number of phenolic OH excluding ortho intramolecular Hbond substituents is 2. The van der Waals surface area contributed by atoms with Crippen LogP contribution in [-0.2, 0) is 9.59 Å². The first-order valence-corrected chi connectivity index (χ1v) is 9.86. The van der Waals surface area contributed by atoms with E-state index in [4.69, 9.17) is 4.74 Å². The normalized spacial score (nSPS) is 17.6. The van der Waals surface area contributed by atoms with Gasteiger partial charge < -0.3 is 20.1 Å². The van der Waals surface area contributed by atoms with Crippen molar-refractivity contribution in [2.75, 3.05) is 12.0 Å². The molecule has 32 heavy (non-hydrogen) atoms. The van der Waals surface area contributed by atoms with Gasteiger partial charge in [-0.1, -0.05) is 24.3 Å². The Morgan fingerprint density at radius 2 is 1.72 bits per heavy atom. The van der Waals surface area contributed by atoms with Crippen LogP contribution in [0.4, 0.5) is 5.69 Å². The van der Waals surface area contributed by atoms with Crippen molar-refractivity contribution < 1.29 is 29.6 Å². The smallest absolute Gasteiger partial charge is 0.300 e. The predicted octanol–water partition coefficient (Wildman–Crippen LogP) is 4.04. The molecule has 0 spiro atoms. The van der Waals surface area contributed by atoms with Crippen LogP contribution in [0, 0.1) is 6.92 Å². The highest BCUT2D eigenvalue weighted by Gasteiger charge is 2.47. The van der Waals surface area contributed by atoms with E-state index in [0.717, 1.165) is 4.90 Å². The fourth-order valence-electron chi connectivity index (χ4n) is 3.93. The second-order valence-electron chi connectivity index (χ2n) is 7.43. The monoisotopic (exact) mass is 431 g/mol. The lowest BCUT2D eigenvalue weighted by Crippen LogP contribution is -2.29. The number of aromatic hydroxyl groups is 2. The fraction of sp³-hybridized carbons (Fsp3) is 0.120. The van der Waals surface area contributed by atoms with Gasteiger partial charge in [0.25, 0.3) is 11.7 Å². The van der Waals surface area contributed by atoms with Crippen molar-refractivity contribution in [3.05, 3.63) is 89.0 Å². The number of rotatable bonds is 4. The highest BCUT2D eigenvalue weighted by atomic mass is 16.5. The summed E-state index contributed by atoms with van der Waals surface area (Å²) in [7, 11) is 1.52. The summed E-state index contributed by atoms with van der Waals surface area (Å²) < 4.78 is 5.20. The van der Waals surface area contributed by atoms with Gasteiger partial charge in [0.2, 0.25) is 0 Å². The molecule has 4 rings (SSSR count). The van der Waals surface area contributed by atoms with Crippen LogP contribution in [-0.4, -0.2) is 34.1 Å². The number of nitrogens with zero attached hydrogens (tertiary/aromatic N) is 1. The molecule has 0 radical (unpaired) electrons. The molecule has 162 valence electrons. The Hall–Kier alpha value is -4.26. The van der Waals surface area contributed by atoms with E-state index in [2.05, 4.69) is 0 Å². The number of carbonyl (C=O) groups excluding carboxylic acids is 2. The molecule has 7 heteroatoms. The number of amides is 1. The molecule has 1 aliphatic heterocycles. The molecule has 1 saturated heterocycles. The predicted molar refractivity (Wildman–Crippen MR) is 119 cm³/mol. The van der Waals surface area contributed by atoms with Crippen LogP contribution < -0.4 is 9.64 Å². The molecule has 1 unspecified atom stereocenters. The Morgan fingerprint density at radius 1 is 0.969 bits per heavy atom. The van der Waals surface area contributed by atoms with Gasteiger partial charge in [-0.25, -0.2) is 0 Å². The molecule has 0 aliphatic carbocycles. The maximum absolute atomic E-state index is 13.1. The van der Waals surface area contributed by atoms with E-state index in [1.54, 1.807) is 49.4 Å². The topological polar surface area (TPSA) is 107 Å². The number of aliphatic hydroxyl groups excluding tert-OH is 1. The molecule has 3 N–H and O–H groups in total. The quantitative estimate of drug-likeness (QED) is 0.327. The number of benzene rings is 3. The van der Waals surface area contributed by atoms with Crippen molar-refractivity contribution in [1.82, 2.24) is 0 Å². The molecule has 3 aromatic carbocycles. The van der Waals surface area contributed by atoms with Crippen LogP contribution in [0.25, 0.3) is 5.76 Å². The first kappa shape index (κ1) is 21.0. The highest BCUT2D eigenvalue weighted by molar-refractivity contribution is 6.52. The van der Waals surface area contributed by atoms with Gasteiger partial charge in [-0.15, -0.1) is 0 Å². The van der Waals surface area contributed by atoms with Gasteiger partial charge in [0, 0.05) is 5.56 Å². The van der Waals surface area contributed by atoms with Gasteiger partial charge in [0.05, 0.1) is 24.4 Å².